The first kappa shape index (κ1) is 14.7. The van der Waals surface area contributed by atoms with Crippen LogP contribution in [0.25, 0.3) is 0 Å². The summed E-state index contributed by atoms with van der Waals surface area (Å²) >= 11 is 0. The number of nitrogens with one attached hydrogen (secondary N) is 1. The number of carboxylic acid groups (broad SMARTS) is 1. The lowest BCUT2D eigenvalue weighted by atomic mass is 10.4. The van der Waals surface area contributed by atoms with E-state index >= 15 is 0 Å². The maximum absolute atomic E-state index is 12.0. The molecule has 0 bridgehead atoms. The minimum Gasteiger partial charge on any atom is -0.481 e. The Kier molecular flexibility index (Phi) is 4.47. The van der Waals surface area contributed by atoms with Gasteiger partial charge in [0.05, 0.1) is 17.8 Å². The summed E-state index contributed by atoms with van der Waals surface area (Å²) < 4.78 is 27.9. The van der Waals surface area contributed by atoms with Crippen LogP contribution in [0.1, 0.15) is 24.7 Å². The smallest absolute Gasteiger partial charge is 0.304 e. The molecule has 0 aliphatic carbocycles. The summed E-state index contributed by atoms with van der Waals surface area (Å²) in [4.78, 5) is 10.5. The Morgan fingerprint density at radius 3 is 2.50 bits per heavy atom. The second-order valence-electron chi connectivity index (χ2n) is 3.86. The number of hydrogen-bond donors (Lipinski definition) is 2. The Balaban J connectivity index is 2.98. The molecular weight excluding hydrogens is 258 g/mol. The normalized spacial score (nSPS) is 11.7. The molecule has 0 spiro atoms. The fourth-order valence-electron chi connectivity index (χ4n) is 1.74. The molecule has 1 aromatic heterocycles. The van der Waals surface area contributed by atoms with E-state index in [2.05, 4.69) is 9.82 Å². The van der Waals surface area contributed by atoms with Crippen molar-refractivity contribution in [2.24, 2.45) is 0 Å². The molecule has 102 valence electrons. The molecule has 0 radical (unpaired) electrons. The van der Waals surface area contributed by atoms with Gasteiger partial charge in [0.2, 0.25) is 10.0 Å². The first-order valence-corrected chi connectivity index (χ1v) is 7.03. The molecule has 0 fully saturated rings. The average Bonchev–Trinajstić information content (AvgIpc) is 2.53. The fraction of sp³-hybridized carbons (Fsp3) is 0.600. The van der Waals surface area contributed by atoms with Gasteiger partial charge in [-0.25, -0.2) is 13.1 Å². The van der Waals surface area contributed by atoms with Crippen molar-refractivity contribution in [1.29, 1.82) is 0 Å². The van der Waals surface area contributed by atoms with Crippen LogP contribution >= 0.6 is 0 Å². The lowest BCUT2D eigenvalue weighted by Gasteiger charge is -2.06. The quantitative estimate of drug-likeness (QED) is 0.776. The van der Waals surface area contributed by atoms with Crippen molar-refractivity contribution < 1.29 is 18.3 Å². The van der Waals surface area contributed by atoms with Crippen molar-refractivity contribution in [1.82, 2.24) is 14.5 Å². The topological polar surface area (TPSA) is 101 Å². The van der Waals surface area contributed by atoms with E-state index in [-0.39, 0.29) is 17.9 Å². The van der Waals surface area contributed by atoms with Crippen LogP contribution in [0.15, 0.2) is 4.90 Å². The Morgan fingerprint density at radius 2 is 2.06 bits per heavy atom. The van der Waals surface area contributed by atoms with E-state index in [0.29, 0.717) is 17.9 Å². The van der Waals surface area contributed by atoms with Crippen LogP contribution in [0.4, 0.5) is 0 Å². The molecular formula is C10H17N3O4S. The number of nitrogens with zero attached hydrogens (tertiary/aromatic N) is 2. The predicted molar refractivity (Wildman–Crippen MR) is 64.8 cm³/mol. The van der Waals surface area contributed by atoms with Gasteiger partial charge in [0.25, 0.3) is 0 Å². The minimum absolute atomic E-state index is 0.131. The van der Waals surface area contributed by atoms with Gasteiger partial charge < -0.3 is 5.11 Å². The first-order valence-electron chi connectivity index (χ1n) is 5.55. The monoisotopic (exact) mass is 275 g/mol. The number of aryl methyl sites for hydroxylation is 2. The van der Waals surface area contributed by atoms with Crippen LogP contribution in [0.5, 0.6) is 0 Å². The lowest BCUT2D eigenvalue weighted by Crippen LogP contribution is -2.27. The van der Waals surface area contributed by atoms with Gasteiger partial charge in [-0.2, -0.15) is 5.10 Å². The maximum Gasteiger partial charge on any atom is 0.304 e. The molecule has 1 aromatic rings. The first-order chi connectivity index (χ1) is 8.29. The van der Waals surface area contributed by atoms with Crippen molar-refractivity contribution in [3.63, 3.8) is 0 Å². The third-order valence-electron chi connectivity index (χ3n) is 2.51. The molecule has 0 aliphatic rings. The molecule has 8 heteroatoms. The molecule has 0 aliphatic heterocycles. The lowest BCUT2D eigenvalue weighted by molar-refractivity contribution is -0.136. The van der Waals surface area contributed by atoms with Gasteiger partial charge in [-0.3, -0.25) is 9.48 Å². The number of hydrogen-bond acceptors (Lipinski definition) is 4. The predicted octanol–water partition coefficient (Wildman–Crippen LogP) is 0.273. The number of aliphatic carboxylic acids is 1. The van der Waals surface area contributed by atoms with Crippen molar-refractivity contribution >= 4 is 16.0 Å². The van der Waals surface area contributed by atoms with E-state index in [1.165, 1.54) is 0 Å². The van der Waals surface area contributed by atoms with Crippen molar-refractivity contribution in [2.75, 3.05) is 6.54 Å². The largest absolute Gasteiger partial charge is 0.481 e. The Hall–Kier alpha value is -1.41. The zero-order valence-electron chi connectivity index (χ0n) is 10.6. The number of carboxylic acids is 1. The molecule has 0 atom stereocenters. The maximum atomic E-state index is 12.0. The molecule has 2 N–H and O–H groups in total. The zero-order valence-corrected chi connectivity index (χ0v) is 11.4. The zero-order chi connectivity index (χ0) is 13.9. The molecule has 0 unspecified atom stereocenters. The Labute approximate surface area is 106 Å². The SMILES string of the molecule is CCn1nc(C)c(S(=O)(=O)NCCC(=O)O)c1C. The van der Waals surface area contributed by atoms with Crippen LogP contribution in [-0.4, -0.2) is 35.8 Å². The third-order valence-corrected chi connectivity index (χ3v) is 4.23. The molecule has 1 heterocycles. The van der Waals surface area contributed by atoms with Crippen LogP contribution in [-0.2, 0) is 21.4 Å². The highest BCUT2D eigenvalue weighted by Gasteiger charge is 2.23. The van der Waals surface area contributed by atoms with Crippen LogP contribution in [0.2, 0.25) is 0 Å². The van der Waals surface area contributed by atoms with Gasteiger partial charge in [-0.05, 0) is 20.8 Å². The number of carbonyl (C=O) groups is 1. The van der Waals surface area contributed by atoms with Gasteiger partial charge in [0.15, 0.2) is 0 Å². The van der Waals surface area contributed by atoms with Crippen molar-refractivity contribution in [3.05, 3.63) is 11.4 Å². The van der Waals surface area contributed by atoms with E-state index in [9.17, 15) is 13.2 Å². The number of sulfonamides is 1. The molecule has 0 saturated heterocycles. The van der Waals surface area contributed by atoms with Crippen LogP contribution in [0, 0.1) is 13.8 Å². The summed E-state index contributed by atoms with van der Waals surface area (Å²) in [6.45, 7) is 5.61. The van der Waals surface area contributed by atoms with Gasteiger partial charge in [0.1, 0.15) is 4.90 Å². The van der Waals surface area contributed by atoms with E-state index in [4.69, 9.17) is 5.11 Å². The Morgan fingerprint density at radius 1 is 1.44 bits per heavy atom. The highest BCUT2D eigenvalue weighted by molar-refractivity contribution is 7.89. The van der Waals surface area contributed by atoms with Crippen molar-refractivity contribution in [3.8, 4) is 0 Å². The summed E-state index contributed by atoms with van der Waals surface area (Å²) in [6.07, 6.45) is -0.251. The fourth-order valence-corrected chi connectivity index (χ4v) is 3.18. The van der Waals surface area contributed by atoms with Gasteiger partial charge in [-0.15, -0.1) is 0 Å². The summed E-state index contributed by atoms with van der Waals surface area (Å²) in [5, 5.41) is 12.6. The van der Waals surface area contributed by atoms with Crippen LogP contribution < -0.4 is 4.72 Å². The van der Waals surface area contributed by atoms with Gasteiger partial charge in [-0.1, -0.05) is 0 Å². The molecule has 0 saturated carbocycles. The second-order valence-corrected chi connectivity index (χ2v) is 5.56. The van der Waals surface area contributed by atoms with E-state index in [1.54, 1.807) is 18.5 Å². The summed E-state index contributed by atoms with van der Waals surface area (Å²) in [5.41, 5.74) is 0.968. The van der Waals surface area contributed by atoms with Crippen LogP contribution in [0.3, 0.4) is 0 Å². The molecule has 1 rings (SSSR count). The Bertz CT molecular complexity index is 548. The summed E-state index contributed by atoms with van der Waals surface area (Å²) in [5.74, 6) is -1.05. The van der Waals surface area contributed by atoms with Gasteiger partial charge in [0, 0.05) is 13.1 Å². The van der Waals surface area contributed by atoms with Crippen molar-refractivity contribution in [2.45, 2.75) is 38.6 Å². The summed E-state index contributed by atoms with van der Waals surface area (Å²) in [6, 6.07) is 0. The minimum atomic E-state index is -3.70. The second kappa shape index (κ2) is 5.49. The average molecular weight is 275 g/mol. The van der Waals surface area contributed by atoms with E-state index in [1.807, 2.05) is 6.92 Å². The summed E-state index contributed by atoms with van der Waals surface area (Å²) in [7, 11) is -3.70. The standard InChI is InChI=1S/C10H17N3O4S/c1-4-13-8(3)10(7(2)12-13)18(16,17)11-6-5-9(14)15/h11H,4-6H2,1-3H3,(H,14,15). The molecule has 18 heavy (non-hydrogen) atoms. The highest BCUT2D eigenvalue weighted by atomic mass is 32.2. The highest BCUT2D eigenvalue weighted by Crippen LogP contribution is 2.18. The molecule has 0 amide bonds. The molecule has 7 nitrogen and oxygen atoms in total. The number of aromatic nitrogens is 2. The molecule has 0 aromatic carbocycles. The van der Waals surface area contributed by atoms with E-state index < -0.39 is 16.0 Å². The van der Waals surface area contributed by atoms with E-state index in [0.717, 1.165) is 0 Å². The van der Waals surface area contributed by atoms with Gasteiger partial charge >= 0.3 is 5.97 Å². The third kappa shape index (κ3) is 3.08. The number of rotatable bonds is 6.